The van der Waals surface area contributed by atoms with Gasteiger partial charge in [0.05, 0.1) is 58.5 Å². The van der Waals surface area contributed by atoms with Crippen LogP contribution >= 0.6 is 0 Å². The Morgan fingerprint density at radius 3 is 2.87 bits per heavy atom. The van der Waals surface area contributed by atoms with Gasteiger partial charge in [0.15, 0.2) is 0 Å². The second-order valence-corrected chi connectivity index (χ2v) is 6.11. The number of hydrogen-bond donors (Lipinski definition) is 1. The second-order valence-electron chi connectivity index (χ2n) is 6.11. The van der Waals surface area contributed by atoms with Gasteiger partial charge in [-0.25, -0.2) is 9.97 Å². The molecule has 130 valence electrons. The third-order valence-electron chi connectivity index (χ3n) is 3.50. The van der Waals surface area contributed by atoms with Crippen molar-refractivity contribution in [3.8, 4) is 0 Å². The van der Waals surface area contributed by atoms with Gasteiger partial charge in [-0.3, -0.25) is 0 Å². The first-order valence-electron chi connectivity index (χ1n) is 7.90. The quantitative estimate of drug-likeness (QED) is 0.669. The summed E-state index contributed by atoms with van der Waals surface area (Å²) < 4.78 is 22.0. The van der Waals surface area contributed by atoms with Crippen LogP contribution in [0.25, 0.3) is 0 Å². The lowest BCUT2D eigenvalue weighted by molar-refractivity contribution is -0.118. The van der Waals surface area contributed by atoms with E-state index >= 15 is 0 Å². The van der Waals surface area contributed by atoms with E-state index in [-0.39, 0.29) is 18.1 Å². The largest absolute Gasteiger partial charge is 0.390 e. The Labute approximate surface area is 136 Å². The highest BCUT2D eigenvalue weighted by Gasteiger charge is 2.24. The highest BCUT2D eigenvalue weighted by Crippen LogP contribution is 2.19. The van der Waals surface area contributed by atoms with Crippen molar-refractivity contribution in [2.45, 2.75) is 32.0 Å². The Balaban J connectivity index is 1.64. The molecule has 0 amide bonds. The maximum Gasteiger partial charge on any atom is 0.136 e. The lowest BCUT2D eigenvalue weighted by atomic mass is 9.93. The van der Waals surface area contributed by atoms with Crippen molar-refractivity contribution < 1.29 is 24.1 Å². The maximum absolute atomic E-state index is 9.15. The molecule has 1 aliphatic heterocycles. The number of ether oxygens (including phenoxy) is 4. The van der Waals surface area contributed by atoms with Gasteiger partial charge in [-0.15, -0.1) is 0 Å². The number of hydrogen-bond acceptors (Lipinski definition) is 7. The van der Waals surface area contributed by atoms with Crippen LogP contribution in [0.4, 0.5) is 0 Å². The van der Waals surface area contributed by atoms with Gasteiger partial charge in [0.2, 0.25) is 0 Å². The molecule has 0 aliphatic carbocycles. The third kappa shape index (κ3) is 6.12. The van der Waals surface area contributed by atoms with E-state index in [0.29, 0.717) is 57.8 Å². The fourth-order valence-corrected chi connectivity index (χ4v) is 2.17. The standard InChI is InChI=1S/C16H26N2O5/c1-16(2,15-17-4-3-13(9-19)18-15)12-22-6-5-20-10-14-11-21-7-8-23-14/h3-4,14,19H,5-12H2,1-2H3. The fourth-order valence-electron chi connectivity index (χ4n) is 2.17. The maximum atomic E-state index is 9.15. The van der Waals surface area contributed by atoms with Crippen molar-refractivity contribution in [3.05, 3.63) is 23.8 Å². The molecule has 0 saturated carbocycles. The highest BCUT2D eigenvalue weighted by atomic mass is 16.6. The Morgan fingerprint density at radius 2 is 2.13 bits per heavy atom. The Bertz CT molecular complexity index is 464. The summed E-state index contributed by atoms with van der Waals surface area (Å²) in [6, 6.07) is 1.70. The van der Waals surface area contributed by atoms with E-state index in [9.17, 15) is 0 Å². The minimum Gasteiger partial charge on any atom is -0.390 e. The minimum atomic E-state index is -0.328. The topological polar surface area (TPSA) is 82.9 Å². The van der Waals surface area contributed by atoms with E-state index < -0.39 is 0 Å². The average molecular weight is 326 g/mol. The summed E-state index contributed by atoms with van der Waals surface area (Å²) in [6.45, 7) is 7.82. The van der Waals surface area contributed by atoms with Crippen LogP contribution < -0.4 is 0 Å². The van der Waals surface area contributed by atoms with Crippen molar-refractivity contribution >= 4 is 0 Å². The van der Waals surface area contributed by atoms with Crippen molar-refractivity contribution in [1.82, 2.24) is 9.97 Å². The molecule has 1 aliphatic rings. The molecule has 1 N–H and O–H groups in total. The summed E-state index contributed by atoms with van der Waals surface area (Å²) in [7, 11) is 0. The molecular formula is C16H26N2O5. The Kier molecular flexibility index (Phi) is 7.32. The van der Waals surface area contributed by atoms with Crippen LogP contribution in [0, 0.1) is 0 Å². The second kappa shape index (κ2) is 9.24. The first-order valence-corrected chi connectivity index (χ1v) is 7.90. The lowest BCUT2D eigenvalue weighted by Gasteiger charge is -2.24. The van der Waals surface area contributed by atoms with Crippen LogP contribution in [0.2, 0.25) is 0 Å². The van der Waals surface area contributed by atoms with Crippen molar-refractivity contribution in [1.29, 1.82) is 0 Å². The van der Waals surface area contributed by atoms with E-state index in [1.807, 2.05) is 13.8 Å². The van der Waals surface area contributed by atoms with Gasteiger partial charge in [0.25, 0.3) is 0 Å². The van der Waals surface area contributed by atoms with E-state index in [0.717, 1.165) is 0 Å². The molecule has 1 unspecified atom stereocenters. The van der Waals surface area contributed by atoms with Crippen LogP contribution in [0.1, 0.15) is 25.4 Å². The van der Waals surface area contributed by atoms with Gasteiger partial charge < -0.3 is 24.1 Å². The molecule has 1 aromatic heterocycles. The van der Waals surface area contributed by atoms with Gasteiger partial charge in [-0.2, -0.15) is 0 Å². The molecule has 0 radical (unpaired) electrons. The Hall–Kier alpha value is -1.12. The van der Waals surface area contributed by atoms with Gasteiger partial charge in [0, 0.05) is 11.6 Å². The summed E-state index contributed by atoms with van der Waals surface area (Å²) in [5, 5.41) is 9.15. The van der Waals surface area contributed by atoms with Crippen LogP contribution in [0.3, 0.4) is 0 Å². The normalized spacial score (nSPS) is 19.0. The molecular weight excluding hydrogens is 300 g/mol. The van der Waals surface area contributed by atoms with Crippen LogP contribution in [-0.4, -0.2) is 67.4 Å². The predicted octanol–water partition coefficient (Wildman–Crippen LogP) is 0.695. The zero-order chi connectivity index (χ0) is 16.5. The molecule has 1 saturated heterocycles. The summed E-state index contributed by atoms with van der Waals surface area (Å²) >= 11 is 0. The monoisotopic (exact) mass is 326 g/mol. The lowest BCUT2D eigenvalue weighted by Crippen LogP contribution is -2.33. The average Bonchev–Trinajstić information content (AvgIpc) is 2.59. The third-order valence-corrected chi connectivity index (χ3v) is 3.50. The molecule has 1 fully saturated rings. The van der Waals surface area contributed by atoms with E-state index in [4.69, 9.17) is 24.1 Å². The summed E-state index contributed by atoms with van der Waals surface area (Å²) in [5.74, 6) is 0.665. The van der Waals surface area contributed by atoms with E-state index in [1.165, 1.54) is 0 Å². The number of aromatic nitrogens is 2. The van der Waals surface area contributed by atoms with Gasteiger partial charge in [0.1, 0.15) is 11.9 Å². The smallest absolute Gasteiger partial charge is 0.136 e. The molecule has 7 nitrogen and oxygen atoms in total. The molecule has 0 spiro atoms. The number of aliphatic hydroxyl groups excluding tert-OH is 1. The zero-order valence-corrected chi connectivity index (χ0v) is 13.9. The van der Waals surface area contributed by atoms with E-state index in [2.05, 4.69) is 9.97 Å². The molecule has 2 heterocycles. The van der Waals surface area contributed by atoms with Crippen LogP contribution in [0.5, 0.6) is 0 Å². The first kappa shape index (κ1) is 18.2. The molecule has 23 heavy (non-hydrogen) atoms. The molecule has 7 heteroatoms. The molecule has 0 bridgehead atoms. The predicted molar refractivity (Wildman–Crippen MR) is 83.2 cm³/mol. The highest BCUT2D eigenvalue weighted by molar-refractivity contribution is 5.09. The summed E-state index contributed by atoms with van der Waals surface area (Å²) in [4.78, 5) is 8.61. The van der Waals surface area contributed by atoms with Crippen molar-refractivity contribution in [3.63, 3.8) is 0 Å². The molecule has 2 rings (SSSR count). The van der Waals surface area contributed by atoms with Crippen LogP contribution in [-0.2, 0) is 31.0 Å². The number of aliphatic hydroxyl groups is 1. The summed E-state index contributed by atoms with van der Waals surface area (Å²) in [6.07, 6.45) is 1.68. The number of rotatable bonds is 9. The SMILES string of the molecule is CC(C)(COCCOCC1COCCO1)c1nccc(CO)n1. The summed E-state index contributed by atoms with van der Waals surface area (Å²) in [5.41, 5.74) is 0.284. The minimum absolute atomic E-state index is 0.0230. The molecule has 1 aromatic rings. The molecule has 1 atom stereocenters. The Morgan fingerprint density at radius 1 is 1.30 bits per heavy atom. The van der Waals surface area contributed by atoms with Crippen LogP contribution in [0.15, 0.2) is 12.3 Å². The van der Waals surface area contributed by atoms with Gasteiger partial charge in [-0.05, 0) is 6.07 Å². The fraction of sp³-hybridized carbons (Fsp3) is 0.750. The number of nitrogens with zero attached hydrogens (tertiary/aromatic N) is 2. The van der Waals surface area contributed by atoms with Gasteiger partial charge >= 0.3 is 0 Å². The van der Waals surface area contributed by atoms with E-state index in [1.54, 1.807) is 12.3 Å². The zero-order valence-electron chi connectivity index (χ0n) is 13.9. The van der Waals surface area contributed by atoms with Gasteiger partial charge in [-0.1, -0.05) is 13.8 Å². The van der Waals surface area contributed by atoms with Crippen molar-refractivity contribution in [2.75, 3.05) is 46.2 Å². The first-order chi connectivity index (χ1) is 11.1. The van der Waals surface area contributed by atoms with Crippen molar-refractivity contribution in [2.24, 2.45) is 0 Å². The molecule has 0 aromatic carbocycles.